The van der Waals surface area contributed by atoms with Gasteiger partial charge < -0.3 is 5.32 Å². The van der Waals surface area contributed by atoms with E-state index in [9.17, 15) is 4.79 Å². The van der Waals surface area contributed by atoms with E-state index in [4.69, 9.17) is 0 Å². The Hall–Kier alpha value is -2.87. The normalized spacial score (nSPS) is 18.0. The molecule has 0 saturated heterocycles. The van der Waals surface area contributed by atoms with Crippen molar-refractivity contribution in [1.29, 1.82) is 0 Å². The first-order valence-corrected chi connectivity index (χ1v) is 11.2. The lowest BCUT2D eigenvalue weighted by atomic mass is 10.0. The first-order chi connectivity index (χ1) is 14.7. The van der Waals surface area contributed by atoms with E-state index in [1.54, 1.807) is 11.3 Å². The molecule has 1 aromatic carbocycles. The number of aromatic nitrogens is 4. The molecule has 1 unspecified atom stereocenters. The average Bonchev–Trinajstić information content (AvgIpc) is 3.36. The lowest BCUT2D eigenvalue weighted by molar-refractivity contribution is -0.123. The van der Waals surface area contributed by atoms with Crippen molar-refractivity contribution in [2.45, 2.75) is 45.6 Å². The van der Waals surface area contributed by atoms with E-state index >= 15 is 0 Å². The molecule has 1 aliphatic heterocycles. The van der Waals surface area contributed by atoms with Crippen LogP contribution in [0.5, 0.6) is 0 Å². The number of allylic oxidation sites excluding steroid dienone is 1. The molecule has 0 aliphatic carbocycles. The molecule has 4 rings (SSSR count). The maximum Gasteiger partial charge on any atom is 0.234 e. The van der Waals surface area contributed by atoms with Crippen molar-refractivity contribution in [3.8, 4) is 0 Å². The van der Waals surface area contributed by atoms with Gasteiger partial charge in [-0.3, -0.25) is 9.79 Å². The van der Waals surface area contributed by atoms with Gasteiger partial charge in [-0.15, -0.1) is 10.2 Å². The van der Waals surface area contributed by atoms with Crippen LogP contribution in [0.2, 0.25) is 0 Å². The standard InChI is InChI=1S/C22H26N6OS/c1-2-19-25-26-22-28(19)27-20(30-22)14-16-7-9-17(10-8-16)15-24-21(29)18-6-4-3-5-12-23-13-11-18/h4,6-10,12,18H,2-3,5,11,13-15H2,1H3,(H,24,29)/b6-4-,23-12?. The Morgan fingerprint density at radius 1 is 1.20 bits per heavy atom. The van der Waals surface area contributed by atoms with Gasteiger partial charge in [0.25, 0.3) is 0 Å². The highest BCUT2D eigenvalue weighted by Crippen LogP contribution is 2.18. The number of hydrogen-bond acceptors (Lipinski definition) is 6. The topological polar surface area (TPSA) is 84.5 Å². The monoisotopic (exact) mass is 422 g/mol. The van der Waals surface area contributed by atoms with Gasteiger partial charge in [0.05, 0.1) is 5.92 Å². The van der Waals surface area contributed by atoms with Crippen LogP contribution in [0.25, 0.3) is 4.96 Å². The number of rotatable bonds is 6. The van der Waals surface area contributed by atoms with E-state index in [0.29, 0.717) is 13.1 Å². The van der Waals surface area contributed by atoms with Crippen molar-refractivity contribution in [3.63, 3.8) is 0 Å². The van der Waals surface area contributed by atoms with Gasteiger partial charge >= 0.3 is 0 Å². The highest BCUT2D eigenvalue weighted by molar-refractivity contribution is 7.16. The molecule has 2 aromatic heterocycles. The Morgan fingerprint density at radius 3 is 2.87 bits per heavy atom. The highest BCUT2D eigenvalue weighted by Gasteiger charge is 2.15. The summed E-state index contributed by atoms with van der Waals surface area (Å²) in [5, 5.41) is 17.0. The molecule has 0 spiro atoms. The smallest absolute Gasteiger partial charge is 0.234 e. The summed E-state index contributed by atoms with van der Waals surface area (Å²) in [4.78, 5) is 17.7. The number of carbonyl (C=O) groups excluding carboxylic acids is 1. The number of carbonyl (C=O) groups is 1. The molecular formula is C22H26N6OS. The summed E-state index contributed by atoms with van der Waals surface area (Å²) in [7, 11) is 0. The van der Waals surface area contributed by atoms with Gasteiger partial charge in [0.2, 0.25) is 10.9 Å². The van der Waals surface area contributed by atoms with Gasteiger partial charge in [0.1, 0.15) is 5.01 Å². The van der Waals surface area contributed by atoms with Crippen LogP contribution >= 0.6 is 11.3 Å². The van der Waals surface area contributed by atoms with Crippen molar-refractivity contribution >= 4 is 28.4 Å². The lowest BCUT2D eigenvalue weighted by Gasteiger charge is -2.12. The average molecular weight is 423 g/mol. The van der Waals surface area contributed by atoms with Gasteiger partial charge in [-0.05, 0) is 36.6 Å². The lowest BCUT2D eigenvalue weighted by Crippen LogP contribution is -2.29. The van der Waals surface area contributed by atoms with Crippen LogP contribution in [0.1, 0.15) is 48.1 Å². The van der Waals surface area contributed by atoms with Gasteiger partial charge in [0, 0.05) is 25.9 Å². The van der Waals surface area contributed by atoms with Crippen molar-refractivity contribution in [3.05, 3.63) is 58.4 Å². The summed E-state index contributed by atoms with van der Waals surface area (Å²) < 4.78 is 1.83. The van der Waals surface area contributed by atoms with E-state index in [1.807, 2.05) is 16.8 Å². The summed E-state index contributed by atoms with van der Waals surface area (Å²) in [5.41, 5.74) is 2.27. The molecule has 0 bridgehead atoms. The van der Waals surface area contributed by atoms with Crippen LogP contribution in [-0.2, 0) is 24.2 Å². The summed E-state index contributed by atoms with van der Waals surface area (Å²) in [6, 6.07) is 8.33. The number of aryl methyl sites for hydroxylation is 1. The minimum Gasteiger partial charge on any atom is -0.352 e. The highest BCUT2D eigenvalue weighted by atomic mass is 32.1. The third-order valence-corrected chi connectivity index (χ3v) is 6.02. The van der Waals surface area contributed by atoms with E-state index < -0.39 is 0 Å². The van der Waals surface area contributed by atoms with Crippen molar-refractivity contribution in [2.24, 2.45) is 10.9 Å². The first-order valence-electron chi connectivity index (χ1n) is 10.4. The van der Waals surface area contributed by atoms with E-state index in [-0.39, 0.29) is 11.8 Å². The molecule has 3 heterocycles. The molecule has 1 aliphatic rings. The number of benzene rings is 1. The first kappa shape index (κ1) is 20.4. The van der Waals surface area contributed by atoms with Gasteiger partial charge in [-0.25, -0.2) is 0 Å². The number of nitrogens with one attached hydrogen (secondary N) is 1. The third-order valence-electron chi connectivity index (χ3n) is 5.12. The number of hydrogen-bond donors (Lipinski definition) is 1. The number of amides is 1. The van der Waals surface area contributed by atoms with E-state index in [1.165, 1.54) is 5.56 Å². The molecule has 1 atom stereocenters. The molecule has 1 amide bonds. The predicted octanol–water partition coefficient (Wildman–Crippen LogP) is 3.38. The molecule has 7 nitrogen and oxygen atoms in total. The molecule has 0 fully saturated rings. The van der Waals surface area contributed by atoms with Gasteiger partial charge in [-0.1, -0.05) is 54.7 Å². The molecule has 156 valence electrons. The van der Waals surface area contributed by atoms with Crippen molar-refractivity contribution in [2.75, 3.05) is 6.54 Å². The fourth-order valence-corrected chi connectivity index (χ4v) is 4.29. The van der Waals surface area contributed by atoms with Gasteiger partial charge in [0.15, 0.2) is 5.82 Å². The van der Waals surface area contributed by atoms with Crippen molar-refractivity contribution < 1.29 is 4.79 Å². The molecule has 0 radical (unpaired) electrons. The maximum atomic E-state index is 12.5. The zero-order valence-electron chi connectivity index (χ0n) is 17.1. The summed E-state index contributed by atoms with van der Waals surface area (Å²) in [6.07, 6.45) is 10.3. The largest absolute Gasteiger partial charge is 0.352 e. The fraction of sp³-hybridized carbons (Fsp3) is 0.409. The summed E-state index contributed by atoms with van der Waals surface area (Å²) >= 11 is 1.57. The quantitative estimate of drug-likeness (QED) is 0.617. The van der Waals surface area contributed by atoms with E-state index in [0.717, 1.165) is 53.5 Å². The van der Waals surface area contributed by atoms with Crippen LogP contribution in [0.15, 0.2) is 41.4 Å². The zero-order chi connectivity index (χ0) is 20.8. The van der Waals surface area contributed by atoms with Crippen LogP contribution in [0.4, 0.5) is 0 Å². The van der Waals surface area contributed by atoms with E-state index in [2.05, 4.69) is 62.9 Å². The van der Waals surface area contributed by atoms with Crippen LogP contribution in [0.3, 0.4) is 0 Å². The Labute approximate surface area is 179 Å². The Morgan fingerprint density at radius 2 is 2.03 bits per heavy atom. The van der Waals surface area contributed by atoms with Gasteiger partial charge in [-0.2, -0.15) is 9.61 Å². The molecule has 30 heavy (non-hydrogen) atoms. The Bertz CT molecular complexity index is 1050. The predicted molar refractivity (Wildman–Crippen MR) is 119 cm³/mol. The molecule has 8 heteroatoms. The minimum absolute atomic E-state index is 0.0684. The van der Waals surface area contributed by atoms with Crippen molar-refractivity contribution in [1.82, 2.24) is 25.1 Å². The molecular weight excluding hydrogens is 396 g/mol. The number of fused-ring (bicyclic) bond motifs is 1. The second kappa shape index (κ2) is 9.75. The second-order valence-electron chi connectivity index (χ2n) is 7.36. The molecule has 3 aromatic rings. The number of nitrogens with zero attached hydrogens (tertiary/aromatic N) is 5. The Balaban J connectivity index is 1.32. The summed E-state index contributed by atoms with van der Waals surface area (Å²) in [5.74, 6) is 0.852. The third kappa shape index (κ3) is 4.99. The number of aliphatic imine (C=N–C) groups is 1. The summed E-state index contributed by atoms with van der Waals surface area (Å²) in [6.45, 7) is 3.29. The minimum atomic E-state index is -0.106. The fourth-order valence-electron chi connectivity index (χ4n) is 3.40. The second-order valence-corrected chi connectivity index (χ2v) is 8.40. The zero-order valence-corrected chi connectivity index (χ0v) is 17.9. The van der Waals surface area contributed by atoms with Crippen LogP contribution in [-0.4, -0.2) is 38.5 Å². The van der Waals surface area contributed by atoms with Crippen LogP contribution < -0.4 is 5.32 Å². The molecule has 0 saturated carbocycles. The molecule has 1 N–H and O–H groups in total. The SMILES string of the molecule is CCc1nnc2sc(Cc3ccc(CNC(=O)C4/C=C\CCC=NCC4)cc3)nn12. The van der Waals surface area contributed by atoms with Crippen LogP contribution in [0, 0.1) is 5.92 Å². The maximum absolute atomic E-state index is 12.5. The Kier molecular flexibility index (Phi) is 6.63.